The van der Waals surface area contributed by atoms with E-state index >= 15 is 0 Å². The molecule has 1 atom stereocenters. The van der Waals surface area contributed by atoms with Crippen molar-refractivity contribution < 1.29 is 31.1 Å². The predicted octanol–water partition coefficient (Wildman–Crippen LogP) is 7.72. The number of rotatable bonds is 6. The van der Waals surface area contributed by atoms with E-state index in [1.807, 2.05) is 0 Å². The summed E-state index contributed by atoms with van der Waals surface area (Å²) in [5.41, 5.74) is 0.561. The van der Waals surface area contributed by atoms with Crippen LogP contribution < -0.4 is 0 Å². The number of ether oxygens (including phenoxy) is 1. The molecule has 2 aromatic carbocycles. The molecule has 170 valence electrons. The Kier molecular flexibility index (Phi) is 7.11. The van der Waals surface area contributed by atoms with Crippen molar-refractivity contribution in [2.24, 2.45) is 0 Å². The van der Waals surface area contributed by atoms with Gasteiger partial charge in [-0.3, -0.25) is 0 Å². The summed E-state index contributed by atoms with van der Waals surface area (Å²) in [6.07, 6.45) is -10.4. The third-order valence-electron chi connectivity index (χ3n) is 4.46. The summed E-state index contributed by atoms with van der Waals surface area (Å²) in [6.45, 7) is 1.06. The predicted molar refractivity (Wildman–Crippen MR) is 113 cm³/mol. The number of hydrogen-bond donors (Lipinski definition) is 1. The molecule has 0 bridgehead atoms. The van der Waals surface area contributed by atoms with Gasteiger partial charge in [0, 0.05) is 21.8 Å². The second-order valence-corrected chi connectivity index (χ2v) is 8.66. The Morgan fingerprint density at radius 1 is 1.09 bits per heavy atom. The molecule has 0 aliphatic heterocycles. The van der Waals surface area contributed by atoms with Gasteiger partial charge in [-0.25, -0.2) is 4.98 Å². The van der Waals surface area contributed by atoms with Gasteiger partial charge in [0.05, 0.1) is 22.7 Å². The fraction of sp³-hybridized carbons (Fsp3) is 0.238. The van der Waals surface area contributed by atoms with E-state index in [1.165, 1.54) is 19.1 Å². The van der Waals surface area contributed by atoms with Gasteiger partial charge in [0.1, 0.15) is 5.01 Å². The summed E-state index contributed by atoms with van der Waals surface area (Å²) in [6, 6.07) is 8.79. The summed E-state index contributed by atoms with van der Waals surface area (Å²) in [7, 11) is 0. The summed E-state index contributed by atoms with van der Waals surface area (Å²) >= 11 is 3.98. The van der Waals surface area contributed by atoms with Gasteiger partial charge in [-0.15, -0.1) is 11.3 Å². The van der Waals surface area contributed by atoms with E-state index < -0.39 is 24.0 Å². The Morgan fingerprint density at radius 3 is 2.28 bits per heavy atom. The number of alkyl halides is 6. The van der Waals surface area contributed by atoms with Crippen LogP contribution in [-0.4, -0.2) is 17.4 Å². The highest BCUT2D eigenvalue weighted by molar-refractivity contribution is 9.10. The van der Waals surface area contributed by atoms with Crippen molar-refractivity contribution in [1.82, 2.24) is 4.98 Å². The number of aromatic nitrogens is 1. The minimum atomic E-state index is -4.72. The van der Waals surface area contributed by atoms with Gasteiger partial charge in [0.2, 0.25) is 0 Å². The van der Waals surface area contributed by atoms with Crippen molar-refractivity contribution in [2.75, 3.05) is 0 Å². The van der Waals surface area contributed by atoms with E-state index in [2.05, 4.69) is 20.9 Å². The first-order valence-corrected chi connectivity index (χ1v) is 10.6. The van der Waals surface area contributed by atoms with E-state index in [4.69, 9.17) is 10.1 Å². The lowest BCUT2D eigenvalue weighted by atomic mass is 10.1. The van der Waals surface area contributed by atoms with Crippen molar-refractivity contribution in [2.45, 2.75) is 32.0 Å². The number of benzene rings is 2. The lowest BCUT2D eigenvalue weighted by molar-refractivity contribution is -0.226. The molecule has 0 fully saturated rings. The number of thiazole rings is 1. The molecular weight excluding hydrogens is 522 g/mol. The van der Waals surface area contributed by atoms with Crippen molar-refractivity contribution >= 4 is 33.5 Å². The standard InChI is InChI=1S/C21H15BrF6N2OS/c1-11-17(32-19(30-11)13-4-6-15(7-5-13)20(23,24)25)18(21(26,27)28)31-10-12-2-3-14(9-29)16(22)8-12/h2-9,18,29H,10H2,1H3. The normalized spacial score (nSPS) is 13.2. The number of halogens is 7. The maximum atomic E-state index is 13.8. The smallest absolute Gasteiger partial charge is 0.358 e. The van der Waals surface area contributed by atoms with Crippen molar-refractivity contribution in [3.63, 3.8) is 0 Å². The highest BCUT2D eigenvalue weighted by Crippen LogP contribution is 2.43. The van der Waals surface area contributed by atoms with Crippen LogP contribution in [0, 0.1) is 12.3 Å². The maximum Gasteiger partial charge on any atom is 0.419 e. The fourth-order valence-electron chi connectivity index (χ4n) is 2.85. The molecule has 1 N–H and O–H groups in total. The third kappa shape index (κ3) is 5.57. The van der Waals surface area contributed by atoms with Gasteiger partial charge >= 0.3 is 12.4 Å². The minimum Gasteiger partial charge on any atom is -0.358 e. The highest BCUT2D eigenvalue weighted by atomic mass is 79.9. The Hall–Kier alpha value is -2.24. The van der Waals surface area contributed by atoms with E-state index in [9.17, 15) is 26.3 Å². The first-order valence-electron chi connectivity index (χ1n) is 9.02. The van der Waals surface area contributed by atoms with Crippen LogP contribution in [0.2, 0.25) is 0 Å². The number of aryl methyl sites for hydroxylation is 1. The number of nitrogens with one attached hydrogen (secondary N) is 1. The van der Waals surface area contributed by atoms with Crippen LogP contribution in [0.15, 0.2) is 46.9 Å². The second-order valence-electron chi connectivity index (χ2n) is 6.78. The van der Waals surface area contributed by atoms with Crippen LogP contribution in [0.4, 0.5) is 26.3 Å². The zero-order valence-electron chi connectivity index (χ0n) is 16.3. The van der Waals surface area contributed by atoms with Gasteiger partial charge in [0.15, 0.2) is 6.10 Å². The number of nitrogens with zero attached hydrogens (tertiary/aromatic N) is 1. The molecule has 3 aromatic rings. The maximum absolute atomic E-state index is 13.8. The molecule has 0 aliphatic rings. The van der Waals surface area contributed by atoms with Gasteiger partial charge in [-0.2, -0.15) is 26.3 Å². The molecule has 0 aliphatic carbocycles. The third-order valence-corrected chi connectivity index (χ3v) is 6.40. The zero-order valence-corrected chi connectivity index (χ0v) is 18.7. The van der Waals surface area contributed by atoms with E-state index in [0.29, 0.717) is 15.6 Å². The van der Waals surface area contributed by atoms with Crippen LogP contribution in [-0.2, 0) is 17.5 Å². The molecule has 0 radical (unpaired) electrons. The summed E-state index contributed by atoms with van der Waals surface area (Å²) < 4.78 is 85.3. The van der Waals surface area contributed by atoms with Crippen LogP contribution in [0.1, 0.15) is 33.4 Å². The van der Waals surface area contributed by atoms with Crippen LogP contribution in [0.5, 0.6) is 0 Å². The van der Waals surface area contributed by atoms with Crippen LogP contribution in [0.3, 0.4) is 0 Å². The van der Waals surface area contributed by atoms with Crippen LogP contribution >= 0.6 is 27.3 Å². The average Bonchev–Trinajstić information content (AvgIpc) is 3.08. The van der Waals surface area contributed by atoms with Crippen LogP contribution in [0.25, 0.3) is 10.6 Å². The lowest BCUT2D eigenvalue weighted by Crippen LogP contribution is -2.23. The molecule has 0 amide bonds. The molecule has 32 heavy (non-hydrogen) atoms. The molecule has 1 heterocycles. The average molecular weight is 537 g/mol. The molecule has 3 rings (SSSR count). The summed E-state index contributed by atoms with van der Waals surface area (Å²) in [5.74, 6) is 0. The van der Waals surface area contributed by atoms with E-state index in [0.717, 1.165) is 29.7 Å². The highest BCUT2D eigenvalue weighted by Gasteiger charge is 2.44. The van der Waals surface area contributed by atoms with Crippen molar-refractivity contribution in [3.8, 4) is 10.6 Å². The molecule has 1 aromatic heterocycles. The largest absolute Gasteiger partial charge is 0.419 e. The quantitative estimate of drug-likeness (QED) is 0.259. The second kappa shape index (κ2) is 9.32. The monoisotopic (exact) mass is 536 g/mol. The summed E-state index contributed by atoms with van der Waals surface area (Å²) in [4.78, 5) is 3.96. The Labute approximate surface area is 191 Å². The first-order chi connectivity index (χ1) is 14.9. The van der Waals surface area contributed by atoms with Crippen molar-refractivity contribution in [3.05, 3.63) is 74.2 Å². The minimum absolute atomic E-state index is 0.0903. The molecule has 0 saturated carbocycles. The molecule has 11 heteroatoms. The lowest BCUT2D eigenvalue weighted by Gasteiger charge is -2.20. The zero-order chi connectivity index (χ0) is 23.7. The van der Waals surface area contributed by atoms with Crippen molar-refractivity contribution in [1.29, 1.82) is 5.41 Å². The Bertz CT molecular complexity index is 1110. The Balaban J connectivity index is 1.86. The van der Waals surface area contributed by atoms with Gasteiger partial charge in [-0.1, -0.05) is 40.2 Å². The van der Waals surface area contributed by atoms with Gasteiger partial charge in [-0.05, 0) is 30.7 Å². The molecule has 3 nitrogen and oxygen atoms in total. The first kappa shape index (κ1) is 24.4. The van der Waals surface area contributed by atoms with Gasteiger partial charge in [0.25, 0.3) is 0 Å². The van der Waals surface area contributed by atoms with E-state index in [-0.39, 0.29) is 27.7 Å². The molecular formula is C21H15BrF6N2OS. The number of hydrogen-bond acceptors (Lipinski definition) is 4. The SMILES string of the molecule is Cc1nc(-c2ccc(C(F)(F)F)cc2)sc1C(OCc1ccc(C=N)c(Br)c1)C(F)(F)F. The molecule has 1 unspecified atom stereocenters. The molecule has 0 spiro atoms. The Morgan fingerprint density at radius 2 is 1.75 bits per heavy atom. The summed E-state index contributed by atoms with van der Waals surface area (Å²) in [5, 5.41) is 7.43. The molecule has 0 saturated heterocycles. The fourth-order valence-corrected chi connectivity index (χ4v) is 4.54. The van der Waals surface area contributed by atoms with Gasteiger partial charge < -0.3 is 10.1 Å². The van der Waals surface area contributed by atoms with E-state index in [1.54, 1.807) is 18.2 Å². The topological polar surface area (TPSA) is 46.0 Å².